The van der Waals surface area contributed by atoms with Crippen molar-refractivity contribution in [1.29, 1.82) is 5.26 Å². The van der Waals surface area contributed by atoms with E-state index in [9.17, 15) is 14.9 Å². The zero-order valence-electron chi connectivity index (χ0n) is 16.8. The van der Waals surface area contributed by atoms with Crippen LogP contribution >= 0.6 is 11.6 Å². The van der Waals surface area contributed by atoms with E-state index in [0.717, 1.165) is 0 Å². The van der Waals surface area contributed by atoms with Crippen LogP contribution in [0.15, 0.2) is 41.5 Å². The predicted octanol–water partition coefficient (Wildman–Crippen LogP) is 2.33. The Balaban J connectivity index is 1.62. The summed E-state index contributed by atoms with van der Waals surface area (Å²) in [6.07, 6.45) is 4.44. The third-order valence-corrected chi connectivity index (χ3v) is 5.39. The second kappa shape index (κ2) is 7.89. The van der Waals surface area contributed by atoms with Crippen LogP contribution in [0.1, 0.15) is 47.6 Å². The summed E-state index contributed by atoms with van der Waals surface area (Å²) in [4.78, 5) is 37.5. The molecule has 1 unspecified atom stereocenters. The van der Waals surface area contributed by atoms with E-state index in [1.165, 1.54) is 29.2 Å². The van der Waals surface area contributed by atoms with Gasteiger partial charge in [-0.1, -0.05) is 11.6 Å². The first-order valence-electron chi connectivity index (χ1n) is 9.59. The molecule has 1 fully saturated rings. The van der Waals surface area contributed by atoms with Crippen molar-refractivity contribution in [3.05, 3.63) is 69.1 Å². The molecule has 10 heteroatoms. The largest absolute Gasteiger partial charge is 0.344 e. The van der Waals surface area contributed by atoms with Gasteiger partial charge >= 0.3 is 0 Å². The van der Waals surface area contributed by atoms with Gasteiger partial charge in [-0.15, -0.1) is 0 Å². The Morgan fingerprint density at radius 1 is 1.29 bits per heavy atom. The van der Waals surface area contributed by atoms with Gasteiger partial charge in [0.25, 0.3) is 11.5 Å². The molecule has 1 aliphatic rings. The van der Waals surface area contributed by atoms with E-state index in [0.29, 0.717) is 41.2 Å². The van der Waals surface area contributed by atoms with E-state index in [1.807, 2.05) is 0 Å². The molecule has 156 valence electrons. The Morgan fingerprint density at radius 2 is 2.03 bits per heavy atom. The number of amides is 1. The Labute approximate surface area is 182 Å². The summed E-state index contributed by atoms with van der Waals surface area (Å²) < 4.78 is 1.21. The summed E-state index contributed by atoms with van der Waals surface area (Å²) in [5.41, 5.74) is 1.35. The summed E-state index contributed by atoms with van der Waals surface area (Å²) in [5, 5.41) is 16.7. The number of nitriles is 1. The molecule has 1 N–H and O–H groups in total. The van der Waals surface area contributed by atoms with E-state index in [4.69, 9.17) is 11.6 Å². The van der Waals surface area contributed by atoms with Crippen molar-refractivity contribution < 1.29 is 4.79 Å². The highest BCUT2D eigenvalue weighted by Gasteiger charge is 2.46. The van der Waals surface area contributed by atoms with Crippen LogP contribution in [0.25, 0.3) is 11.4 Å². The highest BCUT2D eigenvalue weighted by molar-refractivity contribution is 6.29. The van der Waals surface area contributed by atoms with Gasteiger partial charge in [0.1, 0.15) is 16.5 Å². The summed E-state index contributed by atoms with van der Waals surface area (Å²) in [6, 6.07) is 7.78. The third kappa shape index (κ3) is 4.02. The molecule has 4 rings (SSSR count). The maximum Gasteiger partial charge on any atom is 0.266 e. The van der Waals surface area contributed by atoms with Gasteiger partial charge < -0.3 is 5.32 Å². The van der Waals surface area contributed by atoms with Gasteiger partial charge in [0.15, 0.2) is 0 Å². The van der Waals surface area contributed by atoms with Gasteiger partial charge in [-0.2, -0.15) is 10.4 Å². The van der Waals surface area contributed by atoms with Crippen molar-refractivity contribution in [1.82, 2.24) is 30.0 Å². The van der Waals surface area contributed by atoms with Crippen LogP contribution in [-0.4, -0.2) is 30.6 Å². The highest BCUT2D eigenvalue weighted by Crippen LogP contribution is 2.47. The van der Waals surface area contributed by atoms with Gasteiger partial charge in [-0.25, -0.2) is 9.67 Å². The molecule has 9 nitrogen and oxygen atoms in total. The SMILES string of the molecule is CC(NC(=O)c1cc(Cl)nc(C2(C#N)CC2)c1)c1nccnc1-c1ccc(=O)n(C)n1. The molecule has 0 saturated heterocycles. The van der Waals surface area contributed by atoms with Crippen molar-refractivity contribution in [3.8, 4) is 17.5 Å². The summed E-state index contributed by atoms with van der Waals surface area (Å²) >= 11 is 6.11. The van der Waals surface area contributed by atoms with E-state index >= 15 is 0 Å². The number of nitrogens with zero attached hydrogens (tertiary/aromatic N) is 6. The molecule has 3 aromatic heterocycles. The number of aryl methyl sites for hydroxylation is 1. The second-order valence-corrected chi connectivity index (χ2v) is 7.81. The molecule has 31 heavy (non-hydrogen) atoms. The van der Waals surface area contributed by atoms with Gasteiger partial charge in [0, 0.05) is 31.1 Å². The topological polar surface area (TPSA) is 126 Å². The molecule has 1 amide bonds. The lowest BCUT2D eigenvalue weighted by molar-refractivity contribution is 0.0939. The van der Waals surface area contributed by atoms with Crippen LogP contribution < -0.4 is 10.9 Å². The monoisotopic (exact) mass is 435 g/mol. The Kier molecular flexibility index (Phi) is 5.25. The smallest absolute Gasteiger partial charge is 0.266 e. The number of carbonyl (C=O) groups is 1. The average molecular weight is 436 g/mol. The molecule has 3 heterocycles. The summed E-state index contributed by atoms with van der Waals surface area (Å²) in [7, 11) is 1.55. The number of pyridine rings is 1. The Morgan fingerprint density at radius 3 is 2.71 bits per heavy atom. The van der Waals surface area contributed by atoms with Crippen molar-refractivity contribution in [2.24, 2.45) is 7.05 Å². The first-order valence-corrected chi connectivity index (χ1v) is 9.96. The number of rotatable bonds is 5. The first kappa shape index (κ1) is 20.6. The lowest BCUT2D eigenvalue weighted by Gasteiger charge is -2.17. The van der Waals surface area contributed by atoms with Gasteiger partial charge in [0.05, 0.1) is 28.9 Å². The van der Waals surface area contributed by atoms with Gasteiger partial charge in [-0.3, -0.25) is 19.6 Å². The molecule has 3 aromatic rings. The highest BCUT2D eigenvalue weighted by atomic mass is 35.5. The van der Waals surface area contributed by atoms with Crippen LogP contribution in [-0.2, 0) is 12.5 Å². The maximum absolute atomic E-state index is 12.9. The van der Waals surface area contributed by atoms with Gasteiger partial charge in [-0.05, 0) is 38.0 Å². The van der Waals surface area contributed by atoms with E-state index in [-0.39, 0.29) is 16.6 Å². The van der Waals surface area contributed by atoms with E-state index in [2.05, 4.69) is 31.4 Å². The van der Waals surface area contributed by atoms with Crippen LogP contribution in [0.3, 0.4) is 0 Å². The number of carbonyl (C=O) groups excluding carboxylic acids is 1. The molecule has 0 radical (unpaired) electrons. The molecule has 0 aliphatic heterocycles. The fourth-order valence-corrected chi connectivity index (χ4v) is 3.47. The average Bonchev–Trinajstić information content (AvgIpc) is 3.56. The van der Waals surface area contributed by atoms with Crippen LogP contribution in [0.2, 0.25) is 5.15 Å². The number of hydrogen-bond donors (Lipinski definition) is 1. The van der Waals surface area contributed by atoms with Crippen molar-refractivity contribution in [2.75, 3.05) is 0 Å². The second-order valence-electron chi connectivity index (χ2n) is 7.42. The fraction of sp³-hybridized carbons (Fsp3) is 0.286. The van der Waals surface area contributed by atoms with Crippen molar-refractivity contribution >= 4 is 17.5 Å². The Hall–Kier alpha value is -3.64. The third-order valence-electron chi connectivity index (χ3n) is 5.20. The lowest BCUT2D eigenvalue weighted by Crippen LogP contribution is -2.28. The molecule has 1 saturated carbocycles. The molecule has 0 spiro atoms. The minimum Gasteiger partial charge on any atom is -0.344 e. The zero-order chi connectivity index (χ0) is 22.2. The van der Waals surface area contributed by atoms with Crippen LogP contribution in [0, 0.1) is 11.3 Å². The lowest BCUT2D eigenvalue weighted by atomic mass is 10.0. The number of aromatic nitrogens is 5. The number of nitrogens with one attached hydrogen (secondary N) is 1. The van der Waals surface area contributed by atoms with Crippen molar-refractivity contribution in [3.63, 3.8) is 0 Å². The number of halogens is 1. The van der Waals surface area contributed by atoms with Crippen LogP contribution in [0.4, 0.5) is 0 Å². The minimum absolute atomic E-state index is 0.159. The molecular weight excluding hydrogens is 418 g/mol. The summed E-state index contributed by atoms with van der Waals surface area (Å²) in [5.74, 6) is -0.378. The minimum atomic E-state index is -0.654. The molecule has 1 aliphatic carbocycles. The van der Waals surface area contributed by atoms with Crippen LogP contribution in [0.5, 0.6) is 0 Å². The Bertz CT molecular complexity index is 1280. The predicted molar refractivity (Wildman–Crippen MR) is 112 cm³/mol. The van der Waals surface area contributed by atoms with Crippen molar-refractivity contribution in [2.45, 2.75) is 31.2 Å². The van der Waals surface area contributed by atoms with E-state index in [1.54, 1.807) is 26.1 Å². The molecule has 0 bridgehead atoms. The number of hydrogen-bond acceptors (Lipinski definition) is 7. The summed E-state index contributed by atoms with van der Waals surface area (Å²) in [6.45, 7) is 1.77. The standard InChI is InChI=1S/C21H18ClN7O2/c1-12(18-19(25-8-7-24-18)14-3-4-17(30)29(2)28-14)26-20(31)13-9-15(27-16(22)10-13)21(11-23)5-6-21/h3-4,7-10,12H,5-6H2,1-2H3,(H,26,31). The molecule has 1 atom stereocenters. The quantitative estimate of drug-likeness (QED) is 0.609. The fourth-order valence-electron chi connectivity index (χ4n) is 3.26. The normalized spacial score (nSPS) is 15.0. The zero-order valence-corrected chi connectivity index (χ0v) is 17.6. The van der Waals surface area contributed by atoms with Gasteiger partial charge in [0.2, 0.25) is 0 Å². The molecular formula is C21H18ClN7O2. The first-order chi connectivity index (χ1) is 14.8. The molecule has 0 aromatic carbocycles. The van der Waals surface area contributed by atoms with E-state index < -0.39 is 11.5 Å². The maximum atomic E-state index is 12.9.